The van der Waals surface area contributed by atoms with Crippen LogP contribution in [0.25, 0.3) is 0 Å². The van der Waals surface area contributed by atoms with Crippen molar-refractivity contribution in [3.8, 4) is 0 Å². The van der Waals surface area contributed by atoms with Crippen LogP contribution in [0.4, 0.5) is 0 Å². The average molecular weight is 300 g/mol. The second kappa shape index (κ2) is 5.97. The quantitative estimate of drug-likeness (QED) is 0.887. The monoisotopic (exact) mass is 299 g/mol. The second-order valence-electron chi connectivity index (χ2n) is 4.59. The molecular weight excluding hydrogens is 285 g/mol. The van der Waals surface area contributed by atoms with Gasteiger partial charge in [-0.3, -0.25) is 0 Å². The van der Waals surface area contributed by atoms with Crippen molar-refractivity contribution in [2.45, 2.75) is 19.1 Å². The van der Waals surface area contributed by atoms with Crippen LogP contribution in [0.5, 0.6) is 0 Å². The summed E-state index contributed by atoms with van der Waals surface area (Å²) in [6.07, 6.45) is 1.54. The van der Waals surface area contributed by atoms with Crippen LogP contribution in [0.2, 0.25) is 10.0 Å². The number of nitrogens with one attached hydrogen (secondary N) is 1. The molecule has 0 saturated carbocycles. The highest BCUT2D eigenvalue weighted by Gasteiger charge is 2.25. The lowest BCUT2D eigenvalue weighted by Crippen LogP contribution is -2.34. The second-order valence-corrected chi connectivity index (χ2v) is 5.43. The summed E-state index contributed by atoms with van der Waals surface area (Å²) >= 11 is 11.9. The highest BCUT2D eigenvalue weighted by Crippen LogP contribution is 2.22. The zero-order valence-electron chi connectivity index (χ0n) is 10.5. The number of benzene rings is 1. The highest BCUT2D eigenvalue weighted by atomic mass is 35.5. The SMILES string of the molecule is CC(O)(CNCc1ccc(Cl)cc1Cl)c1ccco1. The maximum absolute atomic E-state index is 10.3. The molecule has 0 amide bonds. The first-order chi connectivity index (χ1) is 8.99. The molecule has 0 aliphatic heterocycles. The van der Waals surface area contributed by atoms with Crippen molar-refractivity contribution in [1.82, 2.24) is 5.32 Å². The molecule has 102 valence electrons. The fourth-order valence-electron chi connectivity index (χ4n) is 1.78. The van der Waals surface area contributed by atoms with Gasteiger partial charge in [-0.05, 0) is 36.8 Å². The average Bonchev–Trinajstić information content (AvgIpc) is 2.86. The molecule has 3 nitrogen and oxygen atoms in total. The maximum atomic E-state index is 10.3. The molecule has 19 heavy (non-hydrogen) atoms. The third kappa shape index (κ3) is 3.74. The Hall–Kier alpha value is -1.00. The maximum Gasteiger partial charge on any atom is 0.136 e. The molecule has 0 spiro atoms. The molecule has 1 atom stereocenters. The fourth-order valence-corrected chi connectivity index (χ4v) is 2.25. The highest BCUT2D eigenvalue weighted by molar-refractivity contribution is 6.35. The van der Waals surface area contributed by atoms with Crippen molar-refractivity contribution >= 4 is 23.2 Å². The topological polar surface area (TPSA) is 45.4 Å². The van der Waals surface area contributed by atoms with Gasteiger partial charge in [-0.1, -0.05) is 29.3 Å². The van der Waals surface area contributed by atoms with E-state index in [0.717, 1.165) is 5.56 Å². The molecule has 0 saturated heterocycles. The molecule has 2 aromatic rings. The lowest BCUT2D eigenvalue weighted by atomic mass is 10.0. The smallest absolute Gasteiger partial charge is 0.136 e. The standard InChI is InChI=1S/C14H15Cl2NO2/c1-14(18,13-3-2-6-19-13)9-17-8-10-4-5-11(15)7-12(10)16/h2-7,17-18H,8-9H2,1H3. The minimum Gasteiger partial charge on any atom is -0.466 e. The van der Waals surface area contributed by atoms with Gasteiger partial charge in [0.2, 0.25) is 0 Å². The zero-order valence-corrected chi connectivity index (χ0v) is 12.0. The first kappa shape index (κ1) is 14.4. The third-order valence-corrected chi connectivity index (χ3v) is 3.44. The Labute approximate surface area is 122 Å². The number of hydrogen-bond acceptors (Lipinski definition) is 3. The van der Waals surface area contributed by atoms with Crippen LogP contribution in [0, 0.1) is 0 Å². The summed E-state index contributed by atoms with van der Waals surface area (Å²) in [5.74, 6) is 0.530. The first-order valence-electron chi connectivity index (χ1n) is 5.90. The van der Waals surface area contributed by atoms with Crippen LogP contribution in [0.3, 0.4) is 0 Å². The van der Waals surface area contributed by atoms with Crippen LogP contribution in [0.1, 0.15) is 18.2 Å². The van der Waals surface area contributed by atoms with Gasteiger partial charge in [0.1, 0.15) is 11.4 Å². The van der Waals surface area contributed by atoms with E-state index in [4.69, 9.17) is 27.6 Å². The van der Waals surface area contributed by atoms with Crippen LogP contribution < -0.4 is 5.32 Å². The van der Waals surface area contributed by atoms with E-state index >= 15 is 0 Å². The van der Waals surface area contributed by atoms with E-state index < -0.39 is 5.60 Å². The predicted molar refractivity (Wildman–Crippen MR) is 76.4 cm³/mol. The molecule has 0 radical (unpaired) electrons. The van der Waals surface area contributed by atoms with Gasteiger partial charge in [0.25, 0.3) is 0 Å². The van der Waals surface area contributed by atoms with Gasteiger partial charge < -0.3 is 14.8 Å². The summed E-state index contributed by atoms with van der Waals surface area (Å²) in [6, 6.07) is 8.84. The van der Waals surface area contributed by atoms with Crippen molar-refractivity contribution in [1.29, 1.82) is 0 Å². The molecule has 5 heteroatoms. The van der Waals surface area contributed by atoms with Crippen molar-refractivity contribution < 1.29 is 9.52 Å². The summed E-state index contributed by atoms with van der Waals surface area (Å²) < 4.78 is 5.21. The number of halogens is 2. The van der Waals surface area contributed by atoms with Crippen molar-refractivity contribution in [3.63, 3.8) is 0 Å². The zero-order chi connectivity index (χ0) is 13.9. The Morgan fingerprint density at radius 2 is 2.11 bits per heavy atom. The molecule has 1 heterocycles. The Bertz CT molecular complexity index is 538. The third-order valence-electron chi connectivity index (χ3n) is 2.85. The molecule has 1 aromatic heterocycles. The lowest BCUT2D eigenvalue weighted by Gasteiger charge is -2.21. The van der Waals surface area contributed by atoms with Gasteiger partial charge in [0.15, 0.2) is 0 Å². The molecular formula is C14H15Cl2NO2. The number of furan rings is 1. The molecule has 1 unspecified atom stereocenters. The molecule has 0 aliphatic carbocycles. The van der Waals surface area contributed by atoms with Gasteiger partial charge >= 0.3 is 0 Å². The van der Waals surface area contributed by atoms with Crippen molar-refractivity contribution in [3.05, 3.63) is 58.0 Å². The van der Waals surface area contributed by atoms with E-state index in [-0.39, 0.29) is 0 Å². The summed E-state index contributed by atoms with van der Waals surface area (Å²) in [4.78, 5) is 0. The Balaban J connectivity index is 1.93. The Morgan fingerprint density at radius 3 is 2.74 bits per heavy atom. The van der Waals surface area contributed by atoms with E-state index in [1.807, 2.05) is 6.07 Å². The minimum absolute atomic E-state index is 0.361. The normalized spacial score (nSPS) is 14.3. The Kier molecular flexibility index (Phi) is 4.53. The molecule has 0 fully saturated rings. The van der Waals surface area contributed by atoms with E-state index in [1.165, 1.54) is 0 Å². The first-order valence-corrected chi connectivity index (χ1v) is 6.65. The molecule has 2 rings (SSSR count). The van der Waals surface area contributed by atoms with Crippen molar-refractivity contribution in [2.75, 3.05) is 6.54 Å². The minimum atomic E-state index is -1.05. The van der Waals surface area contributed by atoms with Gasteiger partial charge in [0.05, 0.1) is 6.26 Å². The summed E-state index contributed by atoms with van der Waals surface area (Å²) in [7, 11) is 0. The van der Waals surface area contributed by atoms with E-state index in [1.54, 1.807) is 37.5 Å². The van der Waals surface area contributed by atoms with Gasteiger partial charge in [0, 0.05) is 23.1 Å². The Morgan fingerprint density at radius 1 is 1.32 bits per heavy atom. The molecule has 1 aromatic carbocycles. The largest absolute Gasteiger partial charge is 0.466 e. The van der Waals surface area contributed by atoms with Gasteiger partial charge in [-0.15, -0.1) is 0 Å². The molecule has 2 N–H and O–H groups in total. The molecule has 0 aliphatic rings. The van der Waals surface area contributed by atoms with Crippen LogP contribution in [0.15, 0.2) is 41.0 Å². The predicted octanol–water partition coefficient (Wildman–Crippen LogP) is 3.58. The van der Waals surface area contributed by atoms with Crippen molar-refractivity contribution in [2.24, 2.45) is 0 Å². The van der Waals surface area contributed by atoms with Crippen LogP contribution in [-0.2, 0) is 12.1 Å². The summed E-state index contributed by atoms with van der Waals surface area (Å²) in [5.41, 5.74) is -0.121. The number of aliphatic hydroxyl groups is 1. The van der Waals surface area contributed by atoms with Gasteiger partial charge in [-0.25, -0.2) is 0 Å². The lowest BCUT2D eigenvalue weighted by molar-refractivity contribution is 0.0340. The van der Waals surface area contributed by atoms with Crippen LogP contribution in [-0.4, -0.2) is 11.7 Å². The summed E-state index contributed by atoms with van der Waals surface area (Å²) in [6.45, 7) is 2.61. The van der Waals surface area contributed by atoms with Gasteiger partial charge in [-0.2, -0.15) is 0 Å². The molecule has 0 bridgehead atoms. The fraction of sp³-hybridized carbons (Fsp3) is 0.286. The van der Waals surface area contributed by atoms with E-state index in [2.05, 4.69) is 5.32 Å². The van der Waals surface area contributed by atoms with E-state index in [9.17, 15) is 5.11 Å². The van der Waals surface area contributed by atoms with Crippen LogP contribution >= 0.6 is 23.2 Å². The summed E-state index contributed by atoms with van der Waals surface area (Å²) in [5, 5.41) is 14.6. The van der Waals surface area contributed by atoms with E-state index in [0.29, 0.717) is 28.9 Å². The number of hydrogen-bond donors (Lipinski definition) is 2. The number of rotatable bonds is 5.